The molecule has 1 aliphatic rings. The summed E-state index contributed by atoms with van der Waals surface area (Å²) < 4.78 is 5.28. The van der Waals surface area contributed by atoms with Crippen molar-refractivity contribution in [2.24, 2.45) is 0 Å². The molecule has 1 aromatic carbocycles. The average molecular weight is 190 g/mol. The number of hydrogen-bond acceptors (Lipinski definition) is 2. The summed E-state index contributed by atoms with van der Waals surface area (Å²) in [4.78, 5) is 11.5. The van der Waals surface area contributed by atoms with Gasteiger partial charge >= 0.3 is 5.97 Å². The average Bonchev–Trinajstić information content (AvgIpc) is 2.18. The summed E-state index contributed by atoms with van der Waals surface area (Å²) in [5, 5.41) is 0. The predicted octanol–water partition coefficient (Wildman–Crippen LogP) is 2.74. The van der Waals surface area contributed by atoms with E-state index in [2.05, 4.69) is 6.92 Å². The van der Waals surface area contributed by atoms with E-state index in [0.717, 1.165) is 17.5 Å². The molecule has 2 rings (SSSR count). The van der Waals surface area contributed by atoms with Crippen LogP contribution in [0.4, 0.5) is 0 Å². The Hall–Kier alpha value is -1.31. The van der Waals surface area contributed by atoms with Gasteiger partial charge in [-0.25, -0.2) is 4.79 Å². The molecular weight excluding hydrogens is 176 g/mol. The van der Waals surface area contributed by atoms with Crippen LogP contribution in [0.5, 0.6) is 0 Å². The van der Waals surface area contributed by atoms with Gasteiger partial charge in [0.2, 0.25) is 0 Å². The minimum Gasteiger partial charge on any atom is -0.458 e. The number of esters is 1. The minimum atomic E-state index is -0.183. The quantitative estimate of drug-likeness (QED) is 0.636. The van der Waals surface area contributed by atoms with Crippen molar-refractivity contribution in [2.75, 3.05) is 0 Å². The first-order valence-electron chi connectivity index (χ1n) is 5.04. The molecule has 0 aromatic heterocycles. The van der Waals surface area contributed by atoms with E-state index in [9.17, 15) is 4.79 Å². The first-order chi connectivity index (χ1) is 6.74. The summed E-state index contributed by atoms with van der Waals surface area (Å²) in [5.74, 6) is 0.168. The summed E-state index contributed by atoms with van der Waals surface area (Å²) in [6.45, 7) is 4.08. The van der Waals surface area contributed by atoms with Gasteiger partial charge in [0.15, 0.2) is 0 Å². The van der Waals surface area contributed by atoms with E-state index in [0.29, 0.717) is 5.92 Å². The Morgan fingerprint density at radius 3 is 2.79 bits per heavy atom. The highest BCUT2D eigenvalue weighted by Gasteiger charge is 2.30. The number of fused-ring (bicyclic) bond motifs is 1. The lowest BCUT2D eigenvalue weighted by Gasteiger charge is -2.29. The van der Waals surface area contributed by atoms with Gasteiger partial charge in [0.25, 0.3) is 0 Å². The minimum absolute atomic E-state index is 0.00222. The van der Waals surface area contributed by atoms with E-state index < -0.39 is 0 Å². The maximum atomic E-state index is 11.5. The van der Waals surface area contributed by atoms with Gasteiger partial charge in [-0.15, -0.1) is 0 Å². The van der Waals surface area contributed by atoms with Crippen LogP contribution in [0.25, 0.3) is 0 Å². The van der Waals surface area contributed by atoms with Crippen molar-refractivity contribution in [2.45, 2.75) is 32.3 Å². The molecule has 0 fully saturated rings. The molecule has 14 heavy (non-hydrogen) atoms. The number of rotatable bonds is 1. The number of benzene rings is 1. The highest BCUT2D eigenvalue weighted by molar-refractivity contribution is 5.92. The van der Waals surface area contributed by atoms with Crippen LogP contribution in [0.2, 0.25) is 0 Å². The molecule has 2 heteroatoms. The van der Waals surface area contributed by atoms with Crippen LogP contribution in [0.15, 0.2) is 24.3 Å². The van der Waals surface area contributed by atoms with Crippen molar-refractivity contribution in [3.05, 3.63) is 35.4 Å². The van der Waals surface area contributed by atoms with E-state index >= 15 is 0 Å². The SMILES string of the molecule is CCC1c2ccccc2C(=O)OC1C. The summed E-state index contributed by atoms with van der Waals surface area (Å²) in [6.07, 6.45) is 1.01. The monoisotopic (exact) mass is 190 g/mol. The Kier molecular flexibility index (Phi) is 2.28. The molecule has 0 aliphatic carbocycles. The van der Waals surface area contributed by atoms with Crippen molar-refractivity contribution >= 4 is 5.97 Å². The molecular formula is C12H14O2. The molecule has 0 radical (unpaired) electrons. The standard InChI is InChI=1S/C12H14O2/c1-3-9-8(2)14-12(13)11-7-5-4-6-10(9)11/h4-9H,3H2,1-2H3. The third-order valence-corrected chi connectivity index (χ3v) is 2.88. The topological polar surface area (TPSA) is 26.3 Å². The smallest absolute Gasteiger partial charge is 0.338 e. The summed E-state index contributed by atoms with van der Waals surface area (Å²) >= 11 is 0. The fourth-order valence-electron chi connectivity index (χ4n) is 2.13. The molecule has 0 amide bonds. The number of carbonyl (C=O) groups is 1. The van der Waals surface area contributed by atoms with E-state index in [-0.39, 0.29) is 12.1 Å². The highest BCUT2D eigenvalue weighted by Crippen LogP contribution is 2.33. The van der Waals surface area contributed by atoms with Crippen LogP contribution in [-0.2, 0) is 4.74 Å². The van der Waals surface area contributed by atoms with Gasteiger partial charge in [-0.05, 0) is 25.0 Å². The van der Waals surface area contributed by atoms with Gasteiger partial charge in [-0.1, -0.05) is 25.1 Å². The lowest BCUT2D eigenvalue weighted by atomic mass is 9.86. The zero-order chi connectivity index (χ0) is 10.1. The van der Waals surface area contributed by atoms with Crippen LogP contribution in [-0.4, -0.2) is 12.1 Å². The molecule has 1 aliphatic heterocycles. The Balaban J connectivity index is 2.50. The summed E-state index contributed by atoms with van der Waals surface area (Å²) in [5.41, 5.74) is 1.87. The Morgan fingerprint density at radius 1 is 1.36 bits per heavy atom. The number of hydrogen-bond donors (Lipinski definition) is 0. The molecule has 1 heterocycles. The Bertz CT molecular complexity index is 357. The third-order valence-electron chi connectivity index (χ3n) is 2.88. The van der Waals surface area contributed by atoms with Crippen LogP contribution in [0.3, 0.4) is 0 Å². The van der Waals surface area contributed by atoms with Crippen LogP contribution in [0.1, 0.15) is 42.1 Å². The summed E-state index contributed by atoms with van der Waals surface area (Å²) in [6, 6.07) is 7.72. The normalized spacial score (nSPS) is 25.4. The maximum absolute atomic E-state index is 11.5. The van der Waals surface area contributed by atoms with E-state index in [4.69, 9.17) is 4.74 Å². The molecule has 0 spiro atoms. The number of ether oxygens (including phenoxy) is 1. The summed E-state index contributed by atoms with van der Waals surface area (Å²) in [7, 11) is 0. The fraction of sp³-hybridized carbons (Fsp3) is 0.417. The Morgan fingerprint density at radius 2 is 2.07 bits per heavy atom. The first kappa shape index (κ1) is 9.25. The Labute approximate surface area is 83.9 Å². The molecule has 0 N–H and O–H groups in total. The largest absolute Gasteiger partial charge is 0.458 e. The second-order valence-electron chi connectivity index (χ2n) is 3.71. The van der Waals surface area contributed by atoms with E-state index in [1.54, 1.807) is 0 Å². The van der Waals surface area contributed by atoms with Crippen molar-refractivity contribution in [3.63, 3.8) is 0 Å². The molecule has 0 saturated heterocycles. The van der Waals surface area contributed by atoms with Crippen LogP contribution < -0.4 is 0 Å². The van der Waals surface area contributed by atoms with Crippen molar-refractivity contribution in [1.29, 1.82) is 0 Å². The molecule has 0 bridgehead atoms. The highest BCUT2D eigenvalue weighted by atomic mass is 16.5. The van der Waals surface area contributed by atoms with Crippen LogP contribution in [0, 0.1) is 0 Å². The van der Waals surface area contributed by atoms with Gasteiger partial charge in [-0.3, -0.25) is 0 Å². The predicted molar refractivity (Wildman–Crippen MR) is 54.4 cm³/mol. The van der Waals surface area contributed by atoms with Gasteiger partial charge in [0.1, 0.15) is 6.10 Å². The molecule has 2 unspecified atom stereocenters. The molecule has 74 valence electrons. The first-order valence-corrected chi connectivity index (χ1v) is 5.04. The van der Waals surface area contributed by atoms with Crippen molar-refractivity contribution in [1.82, 2.24) is 0 Å². The number of carbonyl (C=O) groups excluding carboxylic acids is 1. The lowest BCUT2D eigenvalue weighted by molar-refractivity contribution is 0.0221. The second-order valence-corrected chi connectivity index (χ2v) is 3.71. The van der Waals surface area contributed by atoms with Crippen molar-refractivity contribution < 1.29 is 9.53 Å². The van der Waals surface area contributed by atoms with Crippen molar-refractivity contribution in [3.8, 4) is 0 Å². The number of cyclic esters (lactones) is 1. The van der Waals surface area contributed by atoms with E-state index in [1.807, 2.05) is 31.2 Å². The zero-order valence-corrected chi connectivity index (χ0v) is 8.49. The lowest BCUT2D eigenvalue weighted by Crippen LogP contribution is -2.29. The molecule has 2 atom stereocenters. The van der Waals surface area contributed by atoms with Gasteiger partial charge in [-0.2, -0.15) is 0 Å². The molecule has 1 aromatic rings. The van der Waals surface area contributed by atoms with Crippen LogP contribution >= 0.6 is 0 Å². The van der Waals surface area contributed by atoms with E-state index in [1.165, 1.54) is 0 Å². The maximum Gasteiger partial charge on any atom is 0.338 e. The molecule has 2 nitrogen and oxygen atoms in total. The fourth-order valence-corrected chi connectivity index (χ4v) is 2.13. The van der Waals surface area contributed by atoms with Gasteiger partial charge < -0.3 is 4.74 Å². The van der Waals surface area contributed by atoms with Gasteiger partial charge in [0.05, 0.1) is 5.56 Å². The van der Waals surface area contributed by atoms with Gasteiger partial charge in [0, 0.05) is 5.92 Å². The molecule has 0 saturated carbocycles. The zero-order valence-electron chi connectivity index (χ0n) is 8.49. The third kappa shape index (κ3) is 1.31. The second kappa shape index (κ2) is 3.45.